The van der Waals surface area contributed by atoms with E-state index in [1.807, 2.05) is 71.9 Å². The Kier molecular flexibility index (Phi) is 12.8. The molecule has 3 saturated heterocycles. The lowest BCUT2D eigenvalue weighted by molar-refractivity contribution is -0.136. The van der Waals surface area contributed by atoms with Crippen molar-refractivity contribution in [2.24, 2.45) is 11.8 Å². The van der Waals surface area contributed by atoms with E-state index in [1.54, 1.807) is 21.9 Å². The maximum absolute atomic E-state index is 15.9. The molecule has 0 unspecified atom stereocenters. The zero-order valence-electron chi connectivity index (χ0n) is 38.0. The lowest BCUT2D eigenvalue weighted by Crippen LogP contribution is -2.51. The molecule has 3 fully saturated rings. The van der Waals surface area contributed by atoms with Crippen LogP contribution in [0.3, 0.4) is 0 Å². The van der Waals surface area contributed by atoms with Gasteiger partial charge in [-0.15, -0.1) is 0 Å². The van der Waals surface area contributed by atoms with Crippen LogP contribution in [0.2, 0.25) is 0 Å². The molecule has 6 N–H and O–H groups in total. The SMILES string of the molecule is COC(=O)N[C@H](C(=O)N1CCC[C@H]1c1nc2ccc([C@H]3CC[C@](c4ccc(OC(C)C)c(F)c4)(c4ccc5nc([C@@H]6CCCN6C(=O)[C@@H](NC(=O)O)C(C)C)[nH]c5c4)N3)cc2[nH]1)C(C)C. The number of fused-ring (bicyclic) bond motifs is 2. The second kappa shape index (κ2) is 18.3. The molecule has 0 saturated carbocycles. The number of hydrogen-bond acceptors (Lipinski definition) is 9. The minimum absolute atomic E-state index is 0.138. The molecular weight excluding hydrogens is 834 g/mol. The highest BCUT2D eigenvalue weighted by Gasteiger charge is 2.44. The third-order valence-corrected chi connectivity index (χ3v) is 13.2. The number of halogens is 1. The van der Waals surface area contributed by atoms with Gasteiger partial charge in [0.2, 0.25) is 11.8 Å². The number of aromatic nitrogens is 4. The fourth-order valence-electron chi connectivity index (χ4n) is 10.00. The largest absolute Gasteiger partial charge is 0.488 e. The van der Waals surface area contributed by atoms with Gasteiger partial charge in [-0.1, -0.05) is 45.9 Å². The van der Waals surface area contributed by atoms with Gasteiger partial charge in [-0.2, -0.15) is 0 Å². The summed E-state index contributed by atoms with van der Waals surface area (Å²) in [5, 5.41) is 18.5. The van der Waals surface area contributed by atoms with Crippen LogP contribution in [0.15, 0.2) is 54.6 Å². The van der Waals surface area contributed by atoms with Crippen LogP contribution in [0.5, 0.6) is 5.75 Å². The topological polar surface area (TPSA) is 207 Å². The van der Waals surface area contributed by atoms with Crippen molar-refractivity contribution >= 4 is 46.1 Å². The highest BCUT2D eigenvalue weighted by Crippen LogP contribution is 2.46. The first-order chi connectivity index (χ1) is 31.1. The molecule has 4 amide bonds. The zero-order valence-corrected chi connectivity index (χ0v) is 38.0. The molecule has 17 heteroatoms. The molecule has 16 nitrogen and oxygen atoms in total. The molecule has 0 aliphatic carbocycles. The van der Waals surface area contributed by atoms with Crippen molar-refractivity contribution in [2.45, 2.75) is 122 Å². The van der Waals surface area contributed by atoms with Gasteiger partial charge in [-0.05, 0) is 117 Å². The van der Waals surface area contributed by atoms with Crippen molar-refractivity contribution in [1.29, 1.82) is 0 Å². The van der Waals surface area contributed by atoms with Gasteiger partial charge in [-0.25, -0.2) is 23.9 Å². The van der Waals surface area contributed by atoms with Gasteiger partial charge in [0.1, 0.15) is 23.7 Å². The molecule has 2 aromatic heterocycles. The summed E-state index contributed by atoms with van der Waals surface area (Å²) in [6, 6.07) is 14.9. The fourth-order valence-corrected chi connectivity index (χ4v) is 10.00. The Morgan fingerprint density at radius 2 is 1.32 bits per heavy atom. The number of amides is 4. The summed E-state index contributed by atoms with van der Waals surface area (Å²) in [5.41, 5.74) is 4.91. The van der Waals surface area contributed by atoms with E-state index in [0.29, 0.717) is 43.1 Å². The summed E-state index contributed by atoms with van der Waals surface area (Å²) in [5.74, 6) is 0.193. The lowest BCUT2D eigenvalue weighted by atomic mass is 9.81. The number of rotatable bonds is 13. The quantitative estimate of drug-likeness (QED) is 0.0678. The Hall–Kier alpha value is -6.23. The van der Waals surface area contributed by atoms with E-state index in [4.69, 9.17) is 19.4 Å². The summed E-state index contributed by atoms with van der Waals surface area (Å²) in [6.45, 7) is 12.2. The molecule has 3 aliphatic rings. The first-order valence-electron chi connectivity index (χ1n) is 22.8. The minimum atomic E-state index is -1.24. The number of aromatic amines is 2. The molecule has 5 aromatic rings. The van der Waals surface area contributed by atoms with Gasteiger partial charge < -0.3 is 45.0 Å². The van der Waals surface area contributed by atoms with Crippen molar-refractivity contribution < 1.29 is 38.1 Å². The number of hydrogen-bond donors (Lipinski definition) is 6. The number of likely N-dealkylation sites (tertiary alicyclic amines) is 2. The molecule has 3 aliphatic heterocycles. The Bertz CT molecular complexity index is 2590. The van der Waals surface area contributed by atoms with E-state index in [2.05, 4.69) is 38.1 Å². The van der Waals surface area contributed by atoms with Gasteiger partial charge in [0.15, 0.2) is 11.6 Å². The molecule has 0 bridgehead atoms. The van der Waals surface area contributed by atoms with E-state index in [-0.39, 0.29) is 53.6 Å². The van der Waals surface area contributed by atoms with E-state index in [9.17, 15) is 24.3 Å². The van der Waals surface area contributed by atoms with E-state index < -0.39 is 35.6 Å². The second-order valence-electron chi connectivity index (χ2n) is 18.6. The van der Waals surface area contributed by atoms with Crippen molar-refractivity contribution in [1.82, 2.24) is 45.7 Å². The van der Waals surface area contributed by atoms with Crippen LogP contribution in [0.1, 0.15) is 127 Å². The molecule has 0 spiro atoms. The van der Waals surface area contributed by atoms with Crippen LogP contribution in [0.25, 0.3) is 22.1 Å². The van der Waals surface area contributed by atoms with Crippen LogP contribution in [0.4, 0.5) is 14.0 Å². The summed E-state index contributed by atoms with van der Waals surface area (Å²) in [7, 11) is 1.28. The van der Waals surface area contributed by atoms with Gasteiger partial charge in [0.05, 0.1) is 52.9 Å². The van der Waals surface area contributed by atoms with Crippen LogP contribution in [-0.2, 0) is 19.9 Å². The summed E-state index contributed by atoms with van der Waals surface area (Å²) in [4.78, 5) is 71.7. The number of carbonyl (C=O) groups is 4. The molecule has 6 atom stereocenters. The van der Waals surface area contributed by atoms with Crippen molar-refractivity contribution in [3.8, 4) is 5.75 Å². The summed E-state index contributed by atoms with van der Waals surface area (Å²) >= 11 is 0. The monoisotopic (exact) mass is 893 g/mol. The van der Waals surface area contributed by atoms with Gasteiger partial charge in [-0.3, -0.25) is 14.9 Å². The fraction of sp³-hybridized carbons (Fsp3) is 0.500. The Morgan fingerprint density at radius 1 is 0.769 bits per heavy atom. The third-order valence-electron chi connectivity index (χ3n) is 13.2. The van der Waals surface area contributed by atoms with Crippen molar-refractivity contribution in [3.05, 3.63) is 88.8 Å². The number of benzene rings is 3. The number of ether oxygens (including phenoxy) is 2. The molecule has 346 valence electrons. The average molecular weight is 894 g/mol. The zero-order chi connectivity index (χ0) is 46.3. The molecule has 0 radical (unpaired) electrons. The molecular formula is C48H60FN9O7. The van der Waals surface area contributed by atoms with E-state index >= 15 is 4.39 Å². The number of nitrogens with one attached hydrogen (secondary N) is 5. The third kappa shape index (κ3) is 8.94. The second-order valence-corrected chi connectivity index (χ2v) is 18.6. The maximum Gasteiger partial charge on any atom is 0.407 e. The number of nitrogens with zero attached hydrogens (tertiary/aromatic N) is 4. The summed E-state index contributed by atoms with van der Waals surface area (Å²) < 4.78 is 26.5. The lowest BCUT2D eigenvalue weighted by Gasteiger charge is -2.33. The van der Waals surface area contributed by atoms with Gasteiger partial charge in [0, 0.05) is 19.1 Å². The Balaban J connectivity index is 1.10. The number of H-pyrrole nitrogens is 2. The highest BCUT2D eigenvalue weighted by atomic mass is 19.1. The van der Waals surface area contributed by atoms with Crippen LogP contribution < -0.4 is 20.7 Å². The molecule has 5 heterocycles. The first kappa shape index (κ1) is 45.3. The van der Waals surface area contributed by atoms with E-state index in [1.165, 1.54) is 7.11 Å². The van der Waals surface area contributed by atoms with Crippen LogP contribution in [0, 0.1) is 17.7 Å². The minimum Gasteiger partial charge on any atom is -0.488 e. The smallest absolute Gasteiger partial charge is 0.407 e. The predicted octanol–water partition coefficient (Wildman–Crippen LogP) is 7.73. The molecule has 8 rings (SSSR count). The Morgan fingerprint density at radius 3 is 1.88 bits per heavy atom. The predicted molar refractivity (Wildman–Crippen MR) is 242 cm³/mol. The Labute approximate surface area is 377 Å². The summed E-state index contributed by atoms with van der Waals surface area (Å²) in [6.07, 6.45) is 2.22. The van der Waals surface area contributed by atoms with Crippen LogP contribution >= 0.6 is 0 Å². The van der Waals surface area contributed by atoms with Crippen molar-refractivity contribution in [2.75, 3.05) is 20.2 Å². The highest BCUT2D eigenvalue weighted by molar-refractivity contribution is 5.87. The number of imidazole rings is 2. The number of methoxy groups -OCH3 is 1. The number of carbonyl (C=O) groups excluding carboxylic acids is 3. The molecule has 3 aromatic carbocycles. The molecule has 65 heavy (non-hydrogen) atoms. The van der Waals surface area contributed by atoms with Crippen molar-refractivity contribution in [3.63, 3.8) is 0 Å². The number of carboxylic acid groups (broad SMARTS) is 1. The normalized spacial score (nSPS) is 22.0. The maximum atomic E-state index is 15.9. The van der Waals surface area contributed by atoms with Crippen LogP contribution in [-0.4, -0.2) is 97.2 Å². The first-order valence-corrected chi connectivity index (χ1v) is 22.8. The van der Waals surface area contributed by atoms with Gasteiger partial charge >= 0.3 is 12.2 Å². The standard InChI is InChI=1S/C48H60FN9O7/c1-25(2)40(54-46(61)62)44(59)57-20-8-11-38(57)43-51-34-16-13-30(24-36(34)53-43)48(29-14-17-39(31(49)23-29)65-27(5)6)19-18-32(56-48)28-12-15-33-35(22-28)52-42(50-33)37-10-9-21-58(37)45(60)41(26(3)4)55-47(63)64-7/h12-17,22-27,32,37-38,40-41,54,56H,8-11,18-21H2,1-7H3,(H,50,52)(H,51,53)(H,55,63)(H,61,62)/t32-,37+,38+,40+,41+,48+/m1/s1. The average Bonchev–Trinajstić information content (AvgIpc) is 4.12. The van der Waals surface area contributed by atoms with Gasteiger partial charge in [0.25, 0.3) is 0 Å². The number of alkyl carbamates (subject to hydrolysis) is 1. The van der Waals surface area contributed by atoms with E-state index in [0.717, 1.165) is 58.9 Å².